The lowest BCUT2D eigenvalue weighted by atomic mass is 10.0. The molecular formula is C20H20N4S. The highest BCUT2D eigenvalue weighted by molar-refractivity contribution is 7.80. The van der Waals surface area contributed by atoms with Crippen molar-refractivity contribution in [3.8, 4) is 5.69 Å². The number of aromatic nitrogens is 2. The maximum Gasteiger partial charge on any atom is 0.170 e. The lowest BCUT2D eigenvalue weighted by Gasteiger charge is -2.27. The van der Waals surface area contributed by atoms with Gasteiger partial charge < -0.3 is 14.8 Å². The normalized spacial score (nSPS) is 19.9. The molecule has 0 unspecified atom stereocenters. The van der Waals surface area contributed by atoms with Crippen molar-refractivity contribution in [2.75, 3.05) is 6.54 Å². The van der Waals surface area contributed by atoms with E-state index in [1.54, 1.807) is 0 Å². The fourth-order valence-corrected chi connectivity index (χ4v) is 3.90. The van der Waals surface area contributed by atoms with Gasteiger partial charge in [-0.25, -0.2) is 0 Å². The Morgan fingerprint density at radius 1 is 1.04 bits per heavy atom. The number of hydrogen-bond acceptors (Lipinski definition) is 2. The van der Waals surface area contributed by atoms with E-state index in [-0.39, 0.29) is 12.1 Å². The zero-order valence-electron chi connectivity index (χ0n) is 14.0. The average Bonchev–Trinajstić information content (AvgIpc) is 3.27. The van der Waals surface area contributed by atoms with E-state index in [1.807, 2.05) is 24.4 Å². The van der Waals surface area contributed by atoms with Crippen molar-refractivity contribution >= 4 is 17.3 Å². The molecule has 5 heteroatoms. The number of para-hydroxylation sites is 1. The monoisotopic (exact) mass is 348 g/mol. The van der Waals surface area contributed by atoms with E-state index < -0.39 is 0 Å². The van der Waals surface area contributed by atoms with E-state index in [9.17, 15) is 0 Å². The van der Waals surface area contributed by atoms with Gasteiger partial charge in [-0.1, -0.05) is 24.3 Å². The number of thiocarbonyl (C=S) groups is 1. The number of nitrogens with zero attached hydrogens (tertiary/aromatic N) is 3. The Bertz CT molecular complexity index is 860. The lowest BCUT2D eigenvalue weighted by Crippen LogP contribution is -2.30. The number of rotatable bonds is 4. The summed E-state index contributed by atoms with van der Waals surface area (Å²) in [5, 5.41) is 4.25. The number of likely N-dealkylation sites (N-methyl/N-ethyl adjacent to an activating group) is 1. The van der Waals surface area contributed by atoms with Gasteiger partial charge in [0.15, 0.2) is 5.11 Å². The molecule has 0 spiro atoms. The summed E-state index contributed by atoms with van der Waals surface area (Å²) < 4.78 is 2.24. The molecule has 4 nitrogen and oxygen atoms in total. The average molecular weight is 348 g/mol. The minimum absolute atomic E-state index is 0.0333. The summed E-state index contributed by atoms with van der Waals surface area (Å²) in [5.74, 6) is 0. The molecule has 1 aromatic carbocycles. The zero-order valence-corrected chi connectivity index (χ0v) is 14.9. The molecule has 1 N–H and O–H groups in total. The van der Waals surface area contributed by atoms with Gasteiger partial charge in [0.1, 0.15) is 0 Å². The molecule has 0 radical (unpaired) electrons. The van der Waals surface area contributed by atoms with Crippen molar-refractivity contribution in [3.63, 3.8) is 0 Å². The Labute approximate surface area is 153 Å². The molecule has 1 fully saturated rings. The third kappa shape index (κ3) is 2.81. The topological polar surface area (TPSA) is 33.1 Å². The van der Waals surface area contributed by atoms with Crippen molar-refractivity contribution in [2.45, 2.75) is 19.0 Å². The smallest absolute Gasteiger partial charge is 0.170 e. The lowest BCUT2D eigenvalue weighted by molar-refractivity contribution is 0.321. The number of benzene rings is 1. The number of hydrogen-bond donors (Lipinski definition) is 1. The van der Waals surface area contributed by atoms with Gasteiger partial charge in [0, 0.05) is 30.3 Å². The Balaban J connectivity index is 1.81. The van der Waals surface area contributed by atoms with Gasteiger partial charge in [0.25, 0.3) is 0 Å². The summed E-state index contributed by atoms with van der Waals surface area (Å²) >= 11 is 5.61. The summed E-state index contributed by atoms with van der Waals surface area (Å²) in [6.45, 7) is 2.98. The van der Waals surface area contributed by atoms with E-state index in [1.165, 1.54) is 5.69 Å². The van der Waals surface area contributed by atoms with Gasteiger partial charge >= 0.3 is 0 Å². The first kappa shape index (κ1) is 15.8. The van der Waals surface area contributed by atoms with Crippen molar-refractivity contribution in [3.05, 3.63) is 84.4 Å². The van der Waals surface area contributed by atoms with Crippen LogP contribution in [-0.2, 0) is 0 Å². The number of nitrogens with one attached hydrogen (secondary N) is 1. The number of pyridine rings is 1. The molecule has 2 atom stereocenters. The van der Waals surface area contributed by atoms with E-state index in [4.69, 9.17) is 12.2 Å². The second-order valence-electron chi connectivity index (χ2n) is 6.05. The molecule has 3 aromatic rings. The summed E-state index contributed by atoms with van der Waals surface area (Å²) in [7, 11) is 0. The van der Waals surface area contributed by atoms with E-state index >= 15 is 0 Å². The molecule has 0 amide bonds. The van der Waals surface area contributed by atoms with Crippen molar-refractivity contribution in [1.82, 2.24) is 19.8 Å². The van der Waals surface area contributed by atoms with Crippen LogP contribution in [0.1, 0.15) is 30.4 Å². The van der Waals surface area contributed by atoms with Crippen LogP contribution in [0.25, 0.3) is 5.69 Å². The molecule has 0 saturated carbocycles. The largest absolute Gasteiger partial charge is 0.352 e. The Morgan fingerprint density at radius 2 is 1.84 bits per heavy atom. The van der Waals surface area contributed by atoms with Crippen LogP contribution in [-0.4, -0.2) is 26.1 Å². The highest BCUT2D eigenvalue weighted by atomic mass is 32.1. The van der Waals surface area contributed by atoms with E-state index in [0.29, 0.717) is 0 Å². The maximum atomic E-state index is 5.61. The van der Waals surface area contributed by atoms with Crippen molar-refractivity contribution in [1.29, 1.82) is 0 Å². The third-order valence-corrected chi connectivity index (χ3v) is 5.01. The second kappa shape index (κ2) is 6.69. The standard InChI is InChI=1S/C20H20N4S/c1-2-23-19(18(22-20(23)25)16-11-6-7-13-21-16)17-12-8-14-24(17)15-9-4-3-5-10-15/h3-14,18-19H,2H2,1H3,(H,22,25)/t18-,19+/m1/s1. The van der Waals surface area contributed by atoms with E-state index in [0.717, 1.165) is 23.0 Å². The first-order valence-electron chi connectivity index (χ1n) is 8.50. The summed E-state index contributed by atoms with van der Waals surface area (Å²) in [4.78, 5) is 6.81. The summed E-state index contributed by atoms with van der Waals surface area (Å²) in [6, 6.07) is 20.8. The first-order valence-corrected chi connectivity index (χ1v) is 8.91. The van der Waals surface area contributed by atoms with Crippen molar-refractivity contribution < 1.29 is 0 Å². The van der Waals surface area contributed by atoms with Gasteiger partial charge in [0.2, 0.25) is 0 Å². The molecule has 1 saturated heterocycles. The fraction of sp³-hybridized carbons (Fsp3) is 0.200. The van der Waals surface area contributed by atoms with Gasteiger partial charge in [-0.05, 0) is 55.5 Å². The first-order chi connectivity index (χ1) is 12.3. The van der Waals surface area contributed by atoms with Crippen LogP contribution in [0.3, 0.4) is 0 Å². The predicted octanol–water partition coefficient (Wildman–Crippen LogP) is 3.86. The van der Waals surface area contributed by atoms with Gasteiger partial charge in [-0.2, -0.15) is 0 Å². The molecule has 126 valence electrons. The highest BCUT2D eigenvalue weighted by Gasteiger charge is 2.40. The van der Waals surface area contributed by atoms with Crippen LogP contribution in [0.2, 0.25) is 0 Å². The Morgan fingerprint density at radius 3 is 2.56 bits per heavy atom. The predicted molar refractivity (Wildman–Crippen MR) is 104 cm³/mol. The third-order valence-electron chi connectivity index (χ3n) is 4.66. The van der Waals surface area contributed by atoms with Crippen LogP contribution in [0.15, 0.2) is 73.1 Å². The Hall–Kier alpha value is -2.66. The highest BCUT2D eigenvalue weighted by Crippen LogP contribution is 2.39. The molecule has 3 heterocycles. The van der Waals surface area contributed by atoms with Crippen LogP contribution in [0.5, 0.6) is 0 Å². The van der Waals surface area contributed by atoms with Crippen LogP contribution < -0.4 is 5.32 Å². The van der Waals surface area contributed by atoms with E-state index in [2.05, 4.69) is 75.4 Å². The van der Waals surface area contributed by atoms with Gasteiger partial charge in [0.05, 0.1) is 17.8 Å². The molecule has 1 aliphatic heterocycles. The quantitative estimate of drug-likeness (QED) is 0.726. The maximum absolute atomic E-state index is 5.61. The van der Waals surface area contributed by atoms with Gasteiger partial charge in [-0.15, -0.1) is 0 Å². The molecule has 0 bridgehead atoms. The van der Waals surface area contributed by atoms with Crippen LogP contribution in [0, 0.1) is 0 Å². The molecular weight excluding hydrogens is 328 g/mol. The molecule has 2 aromatic heterocycles. The molecule has 25 heavy (non-hydrogen) atoms. The summed E-state index contributed by atoms with van der Waals surface area (Å²) in [6.07, 6.45) is 3.94. The minimum atomic E-state index is 0.0333. The van der Waals surface area contributed by atoms with Crippen LogP contribution >= 0.6 is 12.2 Å². The van der Waals surface area contributed by atoms with Crippen molar-refractivity contribution in [2.24, 2.45) is 0 Å². The minimum Gasteiger partial charge on any atom is -0.352 e. The SMILES string of the molecule is CCN1C(=S)N[C@H](c2ccccn2)[C@@H]1c1cccn1-c1ccccc1. The van der Waals surface area contributed by atoms with Crippen LogP contribution in [0.4, 0.5) is 0 Å². The Kier molecular flexibility index (Phi) is 4.24. The zero-order chi connectivity index (χ0) is 17.2. The molecule has 1 aliphatic rings. The van der Waals surface area contributed by atoms with Gasteiger partial charge in [-0.3, -0.25) is 4.98 Å². The molecule has 4 rings (SSSR count). The summed E-state index contributed by atoms with van der Waals surface area (Å²) in [5.41, 5.74) is 3.36. The second-order valence-corrected chi connectivity index (χ2v) is 6.44. The fourth-order valence-electron chi connectivity index (χ4n) is 3.53. The molecule has 0 aliphatic carbocycles.